The second kappa shape index (κ2) is 6.71. The Morgan fingerprint density at radius 1 is 1.05 bits per heavy atom. The summed E-state index contributed by atoms with van der Waals surface area (Å²) in [7, 11) is 0. The van der Waals surface area contributed by atoms with E-state index >= 15 is 0 Å². The van der Waals surface area contributed by atoms with Crippen LogP contribution in [0.2, 0.25) is 0 Å². The fourth-order valence-electron chi connectivity index (χ4n) is 1.61. The Morgan fingerprint density at radius 2 is 1.75 bits per heavy atom. The average molecular weight is 409 g/mol. The fourth-order valence-corrected chi connectivity index (χ4v) is 2.69. The van der Waals surface area contributed by atoms with Crippen LogP contribution >= 0.6 is 34.4 Å². The van der Waals surface area contributed by atoms with Crippen molar-refractivity contribution >= 4 is 40.0 Å². The number of rotatable bonds is 4. The molecule has 0 bridgehead atoms. The second-order valence-corrected chi connectivity index (χ2v) is 6.44. The van der Waals surface area contributed by atoms with Crippen molar-refractivity contribution < 1.29 is 13.2 Å². The molecule has 1 nitrogen and oxygen atoms in total. The molecule has 0 aliphatic heterocycles. The third-order valence-electron chi connectivity index (χ3n) is 2.48. The summed E-state index contributed by atoms with van der Waals surface area (Å²) in [5.74, 6) is 0. The summed E-state index contributed by atoms with van der Waals surface area (Å²) < 4.78 is 37.7. The summed E-state index contributed by atoms with van der Waals surface area (Å²) in [6.45, 7) is 0.580. The fraction of sp³-hybridized carbons (Fsp3) is 0.143. The quantitative estimate of drug-likeness (QED) is 0.528. The van der Waals surface area contributed by atoms with Crippen molar-refractivity contribution in [2.45, 2.75) is 16.9 Å². The van der Waals surface area contributed by atoms with E-state index in [4.69, 9.17) is 0 Å². The van der Waals surface area contributed by atoms with Crippen LogP contribution in [-0.4, -0.2) is 5.51 Å². The predicted octanol–water partition coefficient (Wildman–Crippen LogP) is 5.52. The minimum atomic E-state index is -4.24. The van der Waals surface area contributed by atoms with E-state index in [1.165, 1.54) is 12.1 Å². The van der Waals surface area contributed by atoms with Gasteiger partial charge in [-0.05, 0) is 70.2 Å². The minimum absolute atomic E-state index is 0.0955. The van der Waals surface area contributed by atoms with Crippen LogP contribution in [0.4, 0.5) is 18.9 Å². The summed E-state index contributed by atoms with van der Waals surface area (Å²) in [4.78, 5) is 0.204. The van der Waals surface area contributed by atoms with Crippen LogP contribution < -0.4 is 5.32 Å². The molecule has 2 aromatic carbocycles. The normalized spacial score (nSPS) is 11.4. The summed E-state index contributed by atoms with van der Waals surface area (Å²) in [6, 6.07) is 14.3. The average Bonchev–Trinajstić information content (AvgIpc) is 2.36. The molecule has 0 saturated carbocycles. The van der Waals surface area contributed by atoms with E-state index in [-0.39, 0.29) is 16.7 Å². The van der Waals surface area contributed by atoms with E-state index in [2.05, 4.69) is 27.9 Å². The van der Waals surface area contributed by atoms with E-state index in [9.17, 15) is 13.2 Å². The molecule has 0 heterocycles. The Balaban J connectivity index is 1.94. The molecule has 0 saturated heterocycles. The zero-order chi connectivity index (χ0) is 14.6. The Morgan fingerprint density at radius 3 is 2.35 bits per heavy atom. The maximum absolute atomic E-state index is 12.2. The molecule has 0 aliphatic carbocycles. The van der Waals surface area contributed by atoms with Crippen LogP contribution in [0.15, 0.2) is 53.4 Å². The molecule has 0 unspecified atom stereocenters. The van der Waals surface area contributed by atoms with Gasteiger partial charge >= 0.3 is 5.51 Å². The third-order valence-corrected chi connectivity index (χ3v) is 3.89. The lowest BCUT2D eigenvalue weighted by molar-refractivity contribution is -0.0328. The van der Waals surface area contributed by atoms with Crippen LogP contribution in [0.25, 0.3) is 0 Å². The van der Waals surface area contributed by atoms with E-state index in [1.54, 1.807) is 12.1 Å². The smallest absolute Gasteiger partial charge is 0.381 e. The third kappa shape index (κ3) is 5.24. The number of benzene rings is 2. The SMILES string of the molecule is FC(F)(F)Sc1ccc(CNc2cccc(I)c2)cc1. The highest BCUT2D eigenvalue weighted by atomic mass is 127. The molecule has 20 heavy (non-hydrogen) atoms. The highest BCUT2D eigenvalue weighted by Crippen LogP contribution is 2.36. The van der Waals surface area contributed by atoms with Gasteiger partial charge in [-0.1, -0.05) is 18.2 Å². The number of hydrogen-bond donors (Lipinski definition) is 1. The second-order valence-electron chi connectivity index (χ2n) is 4.06. The van der Waals surface area contributed by atoms with Crippen molar-refractivity contribution in [2.75, 3.05) is 5.32 Å². The maximum atomic E-state index is 12.2. The van der Waals surface area contributed by atoms with Crippen LogP contribution in [0.5, 0.6) is 0 Å². The van der Waals surface area contributed by atoms with Crippen LogP contribution in [-0.2, 0) is 6.54 Å². The highest BCUT2D eigenvalue weighted by Gasteiger charge is 2.28. The molecule has 0 radical (unpaired) electrons. The molecule has 6 heteroatoms. The van der Waals surface area contributed by atoms with E-state index in [0.29, 0.717) is 6.54 Å². The van der Waals surface area contributed by atoms with Gasteiger partial charge in [-0.2, -0.15) is 13.2 Å². The Bertz CT molecular complexity index is 569. The number of anilines is 1. The van der Waals surface area contributed by atoms with Crippen LogP contribution in [0.3, 0.4) is 0 Å². The molecule has 1 N–H and O–H groups in total. The summed E-state index contributed by atoms with van der Waals surface area (Å²) in [5.41, 5.74) is -2.30. The van der Waals surface area contributed by atoms with Gasteiger partial charge in [-0.25, -0.2) is 0 Å². The summed E-state index contributed by atoms with van der Waals surface area (Å²) >= 11 is 2.13. The van der Waals surface area contributed by atoms with Crippen LogP contribution in [0.1, 0.15) is 5.56 Å². The van der Waals surface area contributed by atoms with Gasteiger partial charge in [0.05, 0.1) is 0 Å². The number of nitrogens with one attached hydrogen (secondary N) is 1. The summed E-state index contributed by atoms with van der Waals surface area (Å²) in [5, 5.41) is 3.24. The van der Waals surface area contributed by atoms with E-state index < -0.39 is 5.51 Å². The molecular formula is C14H11F3INS. The van der Waals surface area contributed by atoms with Gasteiger partial charge in [0, 0.05) is 20.7 Å². The molecule has 0 amide bonds. The maximum Gasteiger partial charge on any atom is 0.446 e. The first kappa shape index (κ1) is 15.5. The van der Waals surface area contributed by atoms with Gasteiger partial charge in [0.25, 0.3) is 0 Å². The molecule has 106 valence electrons. The van der Waals surface area contributed by atoms with Crippen molar-refractivity contribution in [2.24, 2.45) is 0 Å². The lowest BCUT2D eigenvalue weighted by atomic mass is 10.2. The molecule has 0 aliphatic rings. The van der Waals surface area contributed by atoms with Crippen molar-refractivity contribution in [1.82, 2.24) is 0 Å². The van der Waals surface area contributed by atoms with Gasteiger partial charge in [0.15, 0.2) is 0 Å². The highest BCUT2D eigenvalue weighted by molar-refractivity contribution is 14.1. The largest absolute Gasteiger partial charge is 0.446 e. The summed E-state index contributed by atoms with van der Waals surface area (Å²) in [6.07, 6.45) is 0. The lowest BCUT2D eigenvalue weighted by Gasteiger charge is -2.09. The number of alkyl halides is 3. The minimum Gasteiger partial charge on any atom is -0.381 e. The Labute approximate surface area is 133 Å². The lowest BCUT2D eigenvalue weighted by Crippen LogP contribution is -2.01. The standard InChI is InChI=1S/C14H11F3INS/c15-14(16,17)20-13-6-4-10(5-7-13)9-19-12-3-1-2-11(18)8-12/h1-8,19H,9H2. The topological polar surface area (TPSA) is 12.0 Å². The molecule has 2 rings (SSSR count). The molecular weight excluding hydrogens is 398 g/mol. The predicted molar refractivity (Wildman–Crippen MR) is 84.8 cm³/mol. The first-order chi connectivity index (χ1) is 9.42. The van der Waals surface area contributed by atoms with Gasteiger partial charge < -0.3 is 5.32 Å². The Hall–Kier alpha value is -0.890. The van der Waals surface area contributed by atoms with Crippen molar-refractivity contribution in [3.8, 4) is 0 Å². The van der Waals surface area contributed by atoms with E-state index in [1.807, 2.05) is 24.3 Å². The van der Waals surface area contributed by atoms with Crippen molar-refractivity contribution in [3.63, 3.8) is 0 Å². The zero-order valence-electron chi connectivity index (χ0n) is 10.2. The van der Waals surface area contributed by atoms with Crippen molar-refractivity contribution in [3.05, 3.63) is 57.7 Å². The molecule has 0 spiro atoms. The monoisotopic (exact) mass is 409 g/mol. The number of halogens is 4. The van der Waals surface area contributed by atoms with Gasteiger partial charge in [0.1, 0.15) is 0 Å². The molecule has 2 aromatic rings. The number of hydrogen-bond acceptors (Lipinski definition) is 2. The van der Waals surface area contributed by atoms with Crippen molar-refractivity contribution in [1.29, 1.82) is 0 Å². The van der Waals surface area contributed by atoms with Gasteiger partial charge in [-0.15, -0.1) is 0 Å². The molecule has 0 aromatic heterocycles. The van der Waals surface area contributed by atoms with E-state index in [0.717, 1.165) is 14.8 Å². The first-order valence-corrected chi connectivity index (χ1v) is 7.66. The Kier molecular flexibility index (Phi) is 5.20. The number of thioether (sulfide) groups is 1. The van der Waals surface area contributed by atoms with Gasteiger partial charge in [-0.3, -0.25) is 0 Å². The first-order valence-electron chi connectivity index (χ1n) is 5.76. The zero-order valence-corrected chi connectivity index (χ0v) is 13.2. The van der Waals surface area contributed by atoms with Gasteiger partial charge in [0.2, 0.25) is 0 Å². The molecule has 0 fully saturated rings. The van der Waals surface area contributed by atoms with Crippen LogP contribution in [0, 0.1) is 3.57 Å². The molecule has 0 atom stereocenters.